The first-order chi connectivity index (χ1) is 30.2. The van der Waals surface area contributed by atoms with E-state index >= 15 is 0 Å². The lowest BCUT2D eigenvalue weighted by molar-refractivity contribution is -0.124. The van der Waals surface area contributed by atoms with Gasteiger partial charge in [-0.1, -0.05) is 57.9 Å². The molecule has 17 atom stereocenters. The average Bonchev–Trinajstić information content (AvgIpc) is 3.80. The van der Waals surface area contributed by atoms with Crippen molar-refractivity contribution in [3.05, 3.63) is 58.2 Å². The van der Waals surface area contributed by atoms with Crippen LogP contribution in [-0.2, 0) is 14.4 Å². The molecule has 0 aromatic carbocycles. The van der Waals surface area contributed by atoms with Gasteiger partial charge in [-0.05, 0) is 240 Å². The first kappa shape index (κ1) is 45.4. The van der Waals surface area contributed by atoms with Gasteiger partial charge in [0, 0.05) is 24.7 Å². The maximum absolute atomic E-state index is 11.8. The number of allylic oxidation sites excluding steroid dienone is 7. The van der Waals surface area contributed by atoms with Crippen molar-refractivity contribution in [2.24, 2.45) is 80.8 Å². The smallest absolute Gasteiger partial charge is 0.156 e. The number of carbonyl (C=O) groups is 3. The predicted molar refractivity (Wildman–Crippen MR) is 253 cm³/mol. The lowest BCUT2D eigenvalue weighted by Crippen LogP contribution is -2.53. The number of aliphatic hydroxyl groups excluding tert-OH is 1. The molecule has 12 aliphatic rings. The average molecular weight is 875 g/mol. The van der Waals surface area contributed by atoms with Gasteiger partial charge in [-0.25, -0.2) is 0 Å². The summed E-state index contributed by atoms with van der Waals surface area (Å²) in [5.74, 6) is 7.85. The molecule has 0 aromatic rings. The second-order valence-corrected chi connectivity index (χ2v) is 25.5. The fourth-order valence-corrected chi connectivity index (χ4v) is 18.6. The van der Waals surface area contributed by atoms with Crippen LogP contribution < -0.4 is 0 Å². The van der Waals surface area contributed by atoms with Crippen molar-refractivity contribution in [1.29, 1.82) is 0 Å². The maximum atomic E-state index is 11.8. The number of rotatable bonds is 0. The van der Waals surface area contributed by atoms with Crippen LogP contribution in [0.3, 0.4) is 0 Å². The molecule has 12 aliphatic carbocycles. The fourth-order valence-electron chi connectivity index (χ4n) is 18.6. The molecule has 7 saturated carbocycles. The number of fused-ring (bicyclic) bond motifs is 14. The number of carbonyl (C=O) groups excluding carboxylic acids is 3. The quantitative estimate of drug-likeness (QED) is 0.223. The summed E-state index contributed by atoms with van der Waals surface area (Å²) in [4.78, 5) is 35.2. The number of ketones is 3. The van der Waals surface area contributed by atoms with Crippen LogP contribution in [0.15, 0.2) is 58.2 Å². The van der Waals surface area contributed by atoms with Crippen molar-refractivity contribution in [1.82, 2.24) is 0 Å². The summed E-state index contributed by atoms with van der Waals surface area (Å²) < 4.78 is 0. The second kappa shape index (κ2) is 15.8. The van der Waals surface area contributed by atoms with E-state index in [1.165, 1.54) is 60.0 Å². The van der Waals surface area contributed by atoms with Gasteiger partial charge in [0.25, 0.3) is 0 Å². The minimum atomic E-state index is -0.485. The van der Waals surface area contributed by atoms with Crippen molar-refractivity contribution in [2.75, 3.05) is 0 Å². The van der Waals surface area contributed by atoms with Crippen LogP contribution >= 0.6 is 0 Å². The summed E-state index contributed by atoms with van der Waals surface area (Å²) in [5.41, 5.74) is 6.59. The van der Waals surface area contributed by atoms with Gasteiger partial charge < -0.3 is 15.3 Å². The monoisotopic (exact) mass is 875 g/mol. The molecule has 0 amide bonds. The molecule has 6 heteroatoms. The SMILES string of the molecule is C[C@@H]1CC2=CC(=O)CC[C@@H]2[C@H]2CC[C@@]3(C)[C@@H](CC[C@]3(C)O)[C@@H]21.C[C@]12C=CC3=C4CCC(=O)C=C4CC[C@H]3[C@@H]1CC[C@@H]2O.C[C@]12CCC(=O)C=C1CC[C@@H]1[C@@H]2CC[C@@]2(C)[C@H]1CC[C@]2(C)O. The zero-order valence-corrected chi connectivity index (χ0v) is 40.7. The Morgan fingerprint density at radius 3 is 1.98 bits per heavy atom. The number of hydrogen-bond donors (Lipinski definition) is 3. The van der Waals surface area contributed by atoms with E-state index in [-0.39, 0.29) is 27.8 Å². The minimum Gasteiger partial charge on any atom is -0.392 e. The summed E-state index contributed by atoms with van der Waals surface area (Å²) in [7, 11) is 0. The molecule has 0 heterocycles. The summed E-state index contributed by atoms with van der Waals surface area (Å²) in [6.45, 7) is 15.9. The van der Waals surface area contributed by atoms with Crippen molar-refractivity contribution >= 4 is 17.3 Å². The van der Waals surface area contributed by atoms with E-state index in [1.54, 1.807) is 0 Å². The lowest BCUT2D eigenvalue weighted by Gasteiger charge is -2.58. The van der Waals surface area contributed by atoms with Crippen LogP contribution in [0.1, 0.15) is 183 Å². The summed E-state index contributed by atoms with van der Waals surface area (Å²) in [6, 6.07) is 0. The minimum absolute atomic E-state index is 0.0274. The molecular weight excluding hydrogens is 793 g/mol. The van der Waals surface area contributed by atoms with Crippen molar-refractivity contribution in [3.63, 3.8) is 0 Å². The van der Waals surface area contributed by atoms with Crippen LogP contribution in [0.5, 0.6) is 0 Å². The van der Waals surface area contributed by atoms with Gasteiger partial charge in [0.15, 0.2) is 17.3 Å². The largest absolute Gasteiger partial charge is 0.392 e. The van der Waals surface area contributed by atoms with E-state index in [0.717, 1.165) is 120 Å². The molecule has 0 spiro atoms. The van der Waals surface area contributed by atoms with Gasteiger partial charge in [0.05, 0.1) is 17.3 Å². The Balaban J connectivity index is 0.000000114. The van der Waals surface area contributed by atoms with Crippen LogP contribution in [0.2, 0.25) is 0 Å². The summed E-state index contributed by atoms with van der Waals surface area (Å²) >= 11 is 0. The first-order valence-electron chi connectivity index (χ1n) is 26.5. The fraction of sp³-hybridized carbons (Fsp3) is 0.776. The summed E-state index contributed by atoms with van der Waals surface area (Å²) in [5, 5.41) is 32.2. The van der Waals surface area contributed by atoms with E-state index < -0.39 is 11.2 Å². The molecule has 0 aliphatic heterocycles. The second-order valence-electron chi connectivity index (χ2n) is 25.5. The molecule has 0 bridgehead atoms. The topological polar surface area (TPSA) is 112 Å². The molecule has 64 heavy (non-hydrogen) atoms. The van der Waals surface area contributed by atoms with Gasteiger partial charge in [0.2, 0.25) is 0 Å². The normalized spacial score (nSPS) is 50.8. The molecule has 350 valence electrons. The van der Waals surface area contributed by atoms with E-state index in [4.69, 9.17) is 0 Å². The molecular formula is C58H82O6. The molecule has 0 aromatic heterocycles. The highest BCUT2D eigenvalue weighted by Crippen LogP contribution is 2.68. The Morgan fingerprint density at radius 1 is 0.562 bits per heavy atom. The maximum Gasteiger partial charge on any atom is 0.156 e. The lowest BCUT2D eigenvalue weighted by atomic mass is 9.46. The highest BCUT2D eigenvalue weighted by atomic mass is 16.3. The number of hydrogen-bond acceptors (Lipinski definition) is 6. The van der Waals surface area contributed by atoms with E-state index in [1.807, 2.05) is 18.2 Å². The third kappa shape index (κ3) is 6.87. The van der Waals surface area contributed by atoms with Crippen LogP contribution in [0, 0.1) is 80.8 Å². The van der Waals surface area contributed by atoms with Crippen molar-refractivity contribution in [3.8, 4) is 0 Å². The highest BCUT2D eigenvalue weighted by molar-refractivity contribution is 5.93. The molecule has 0 saturated heterocycles. The Kier molecular flexibility index (Phi) is 11.2. The van der Waals surface area contributed by atoms with E-state index in [0.29, 0.717) is 59.3 Å². The van der Waals surface area contributed by atoms with Crippen LogP contribution in [0.25, 0.3) is 0 Å². The number of aliphatic hydroxyl groups is 3. The standard InChI is InChI=1S/2C20H30O2.C18H22O2/c1-18-9-6-14(21)12-13(18)4-5-15-16(18)7-10-19(2)17(15)8-11-20(19,3)22;1-12-10-13-11-14(21)4-5-15(13)16-6-8-19(2)17(18(12)16)7-9-20(19,3)22;1-18-9-8-14-13-5-3-12(19)10-11(13)2-4-15(14)16(18)6-7-17(18)20/h12,15-17,22H,4-11H2,1-3H3;11-12,15-18,22H,4-10H2,1-3H3;8-10,15-17,20H,2-7H2,1H3/t15-,16+,17+,18+,19+,20+;12-,15+,16-,17+,18-,19+,20+;15-,16+,17+,18+/m111/s1. The first-order valence-corrected chi connectivity index (χ1v) is 26.5. The van der Waals surface area contributed by atoms with Crippen LogP contribution in [-0.4, -0.2) is 50.0 Å². The van der Waals surface area contributed by atoms with Gasteiger partial charge in [-0.3, -0.25) is 14.4 Å². The molecule has 7 fully saturated rings. The molecule has 6 nitrogen and oxygen atoms in total. The molecule has 0 unspecified atom stereocenters. The highest BCUT2D eigenvalue weighted by Gasteiger charge is 2.64. The predicted octanol–water partition coefficient (Wildman–Crippen LogP) is 11.7. The van der Waals surface area contributed by atoms with Gasteiger partial charge >= 0.3 is 0 Å². The zero-order chi connectivity index (χ0) is 45.4. The van der Waals surface area contributed by atoms with Crippen LogP contribution in [0.4, 0.5) is 0 Å². The molecule has 3 N–H and O–H groups in total. The van der Waals surface area contributed by atoms with E-state index in [9.17, 15) is 29.7 Å². The molecule has 12 rings (SSSR count). The summed E-state index contributed by atoms with van der Waals surface area (Å²) in [6.07, 6.45) is 32.3. The van der Waals surface area contributed by atoms with E-state index in [2.05, 4.69) is 60.6 Å². The van der Waals surface area contributed by atoms with Crippen molar-refractivity contribution in [2.45, 2.75) is 201 Å². The van der Waals surface area contributed by atoms with Gasteiger partial charge in [-0.15, -0.1) is 0 Å². The third-order valence-corrected chi connectivity index (χ3v) is 22.9. The van der Waals surface area contributed by atoms with Gasteiger partial charge in [-0.2, -0.15) is 0 Å². The Morgan fingerprint density at radius 2 is 1.22 bits per heavy atom. The zero-order valence-electron chi connectivity index (χ0n) is 40.7. The third-order valence-electron chi connectivity index (χ3n) is 22.9. The van der Waals surface area contributed by atoms with Gasteiger partial charge in [0.1, 0.15) is 0 Å². The Bertz CT molecular complexity index is 2110. The van der Waals surface area contributed by atoms with Crippen molar-refractivity contribution < 1.29 is 29.7 Å². The Labute approximate surface area is 385 Å². The molecule has 0 radical (unpaired) electrons. The Hall–Kier alpha value is -2.41.